The van der Waals surface area contributed by atoms with Crippen molar-refractivity contribution in [1.29, 1.82) is 0 Å². The zero-order chi connectivity index (χ0) is 19.3. The van der Waals surface area contributed by atoms with Crippen LogP contribution in [0.25, 0.3) is 0 Å². The number of carbonyl (C=O) groups is 2. The molecule has 1 amide bonds. The molecule has 25 heavy (non-hydrogen) atoms. The Hall–Kier alpha value is -1.42. The molecule has 0 saturated heterocycles. The lowest BCUT2D eigenvalue weighted by Crippen LogP contribution is -2.46. The van der Waals surface area contributed by atoms with Crippen LogP contribution in [0, 0.1) is 0 Å². The molecule has 0 radical (unpaired) electrons. The molecule has 0 aromatic heterocycles. The molecule has 0 heterocycles. The summed E-state index contributed by atoms with van der Waals surface area (Å²) in [5.41, 5.74) is 0.201. The summed E-state index contributed by atoms with van der Waals surface area (Å²) in [6.45, 7) is 14.1. The normalized spacial score (nSPS) is 11.1. The number of hydrogen-bond donors (Lipinski definition) is 0. The lowest BCUT2D eigenvalue weighted by molar-refractivity contribution is -0.175. The number of hydroxylamine groups is 2. The summed E-state index contributed by atoms with van der Waals surface area (Å²) >= 11 is 0. The molecule has 146 valence electrons. The third kappa shape index (κ3) is 9.01. The van der Waals surface area contributed by atoms with Gasteiger partial charge in [-0.1, -0.05) is 6.58 Å². The maximum absolute atomic E-state index is 11.9. The molecule has 0 atom stereocenters. The van der Waals surface area contributed by atoms with Gasteiger partial charge in [0.2, 0.25) is 0 Å². The quantitative estimate of drug-likeness (QED) is 0.224. The molecule has 0 aromatic rings. The van der Waals surface area contributed by atoms with Crippen molar-refractivity contribution in [1.82, 2.24) is 5.06 Å². The molecule has 0 saturated carbocycles. The first-order valence-electron chi connectivity index (χ1n) is 8.59. The number of rotatable bonds is 12. The molecule has 0 N–H and O–H groups in total. The van der Waals surface area contributed by atoms with Crippen molar-refractivity contribution in [3.8, 4) is 0 Å². The van der Waals surface area contributed by atoms with Crippen LogP contribution in [0.1, 0.15) is 41.0 Å². The molecule has 9 heteroatoms. The fourth-order valence-corrected chi connectivity index (χ4v) is 4.51. The summed E-state index contributed by atoms with van der Waals surface area (Å²) in [5, 5.41) is 0.856. The van der Waals surface area contributed by atoms with Gasteiger partial charge in [0.15, 0.2) is 0 Å². The van der Waals surface area contributed by atoms with E-state index in [4.69, 9.17) is 22.9 Å². The Kier molecular flexibility index (Phi) is 12.1. The number of ether oxygens (including phenoxy) is 1. The zero-order valence-electron chi connectivity index (χ0n) is 16.0. The number of amides is 1. The third-order valence-electron chi connectivity index (χ3n) is 2.98. The van der Waals surface area contributed by atoms with Gasteiger partial charge in [-0.25, -0.2) is 9.59 Å². The van der Waals surface area contributed by atoms with Crippen molar-refractivity contribution in [2.45, 2.75) is 47.1 Å². The van der Waals surface area contributed by atoms with Gasteiger partial charge in [-0.3, -0.25) is 0 Å². The minimum atomic E-state index is -2.75. The molecule has 0 aromatic carbocycles. The van der Waals surface area contributed by atoms with Gasteiger partial charge in [-0.05, 0) is 41.0 Å². The van der Waals surface area contributed by atoms with E-state index >= 15 is 0 Å². The summed E-state index contributed by atoms with van der Waals surface area (Å²) < 4.78 is 22.3. The Morgan fingerprint density at radius 2 is 1.52 bits per heavy atom. The number of hydrogen-bond acceptors (Lipinski definition) is 7. The number of carbonyl (C=O) groups excluding carboxylic acids is 2. The highest BCUT2D eigenvalue weighted by Crippen LogP contribution is 2.18. The van der Waals surface area contributed by atoms with Gasteiger partial charge in [0.05, 0.1) is 13.2 Å². The summed E-state index contributed by atoms with van der Waals surface area (Å²) in [6, 6.07) is 0.535. The minimum Gasteiger partial charge on any atom is -0.447 e. The minimum absolute atomic E-state index is 0.141. The van der Waals surface area contributed by atoms with Crippen LogP contribution in [-0.2, 0) is 27.6 Å². The highest BCUT2D eigenvalue weighted by Gasteiger charge is 2.39. The molecule has 0 aliphatic heterocycles. The second kappa shape index (κ2) is 12.9. The molecule has 0 aliphatic carbocycles. The van der Waals surface area contributed by atoms with Crippen molar-refractivity contribution >= 4 is 20.9 Å². The van der Waals surface area contributed by atoms with Crippen LogP contribution < -0.4 is 0 Å². The molecule has 0 rings (SSSR count). The van der Waals surface area contributed by atoms with E-state index in [-0.39, 0.29) is 18.7 Å². The second-order valence-electron chi connectivity index (χ2n) is 5.05. The van der Waals surface area contributed by atoms with Gasteiger partial charge in [-0.15, -0.1) is 5.06 Å². The van der Waals surface area contributed by atoms with Crippen molar-refractivity contribution in [3.05, 3.63) is 12.2 Å². The summed E-state index contributed by atoms with van der Waals surface area (Å²) in [4.78, 5) is 28.3. The molecule has 0 spiro atoms. The van der Waals surface area contributed by atoms with Gasteiger partial charge in [0.1, 0.15) is 0 Å². The molecular formula is C16H31NO7Si. The van der Waals surface area contributed by atoms with E-state index in [0.29, 0.717) is 32.3 Å². The molecular weight excluding hydrogens is 346 g/mol. The van der Waals surface area contributed by atoms with Gasteiger partial charge in [-0.2, -0.15) is 0 Å². The Bertz CT molecular complexity index is 414. The monoisotopic (exact) mass is 377 g/mol. The Morgan fingerprint density at radius 3 is 1.92 bits per heavy atom. The summed E-state index contributed by atoms with van der Waals surface area (Å²) in [6.07, 6.45) is -0.210. The zero-order valence-corrected chi connectivity index (χ0v) is 17.0. The largest absolute Gasteiger partial charge is 0.501 e. The topological polar surface area (TPSA) is 83.5 Å². The smallest absolute Gasteiger partial charge is 0.447 e. The third-order valence-corrected chi connectivity index (χ3v) is 6.13. The van der Waals surface area contributed by atoms with Crippen LogP contribution in [0.15, 0.2) is 12.2 Å². The summed E-state index contributed by atoms with van der Waals surface area (Å²) in [5.74, 6) is -0.672. The average Bonchev–Trinajstić information content (AvgIpc) is 2.56. The SMILES string of the molecule is C=C(C)C(=O)ON(CC)C(=O)OCCC[Si](OCC)(OCC)OCC. The lowest BCUT2D eigenvalue weighted by Gasteiger charge is -2.28. The van der Waals surface area contributed by atoms with Crippen molar-refractivity contribution in [3.63, 3.8) is 0 Å². The Morgan fingerprint density at radius 1 is 1.00 bits per heavy atom. The van der Waals surface area contributed by atoms with Gasteiger partial charge < -0.3 is 22.9 Å². The van der Waals surface area contributed by atoms with Crippen LogP contribution in [0.2, 0.25) is 6.04 Å². The van der Waals surface area contributed by atoms with Crippen molar-refractivity contribution < 1.29 is 32.4 Å². The van der Waals surface area contributed by atoms with E-state index in [2.05, 4.69) is 6.58 Å². The Labute approximate surface area is 151 Å². The van der Waals surface area contributed by atoms with Crippen molar-refractivity contribution in [2.24, 2.45) is 0 Å². The van der Waals surface area contributed by atoms with Crippen LogP contribution in [0.3, 0.4) is 0 Å². The highest BCUT2D eigenvalue weighted by atomic mass is 28.4. The lowest BCUT2D eigenvalue weighted by atomic mass is 10.4. The van der Waals surface area contributed by atoms with Crippen LogP contribution in [0.4, 0.5) is 4.79 Å². The molecule has 0 aliphatic rings. The van der Waals surface area contributed by atoms with Crippen molar-refractivity contribution in [2.75, 3.05) is 33.0 Å². The fraction of sp³-hybridized carbons (Fsp3) is 0.750. The van der Waals surface area contributed by atoms with Crippen LogP contribution >= 0.6 is 0 Å². The van der Waals surface area contributed by atoms with Gasteiger partial charge in [0, 0.05) is 31.4 Å². The Balaban J connectivity index is 4.47. The van der Waals surface area contributed by atoms with E-state index in [0.717, 1.165) is 5.06 Å². The van der Waals surface area contributed by atoms with Gasteiger partial charge >= 0.3 is 20.9 Å². The first-order chi connectivity index (χ1) is 11.9. The van der Waals surface area contributed by atoms with E-state index in [1.807, 2.05) is 20.8 Å². The van der Waals surface area contributed by atoms with E-state index in [9.17, 15) is 9.59 Å². The van der Waals surface area contributed by atoms with E-state index in [1.165, 1.54) is 6.92 Å². The van der Waals surface area contributed by atoms with Gasteiger partial charge in [0.25, 0.3) is 0 Å². The van der Waals surface area contributed by atoms with Crippen LogP contribution in [0.5, 0.6) is 0 Å². The molecule has 0 bridgehead atoms. The standard InChI is InChI=1S/C16H31NO7Si/c1-7-17(24-15(18)14(5)6)16(19)20-12-11-13-25(21-8-2,22-9-3)23-10-4/h5,7-13H2,1-4,6H3. The number of nitrogens with zero attached hydrogens (tertiary/aromatic N) is 1. The average molecular weight is 378 g/mol. The summed E-state index contributed by atoms with van der Waals surface area (Å²) in [7, 11) is -2.75. The first-order valence-corrected chi connectivity index (χ1v) is 10.5. The second-order valence-corrected chi connectivity index (χ2v) is 7.79. The van der Waals surface area contributed by atoms with Crippen LogP contribution in [-0.4, -0.2) is 58.9 Å². The molecule has 8 nitrogen and oxygen atoms in total. The predicted molar refractivity (Wildman–Crippen MR) is 94.7 cm³/mol. The molecule has 0 unspecified atom stereocenters. The van der Waals surface area contributed by atoms with E-state index < -0.39 is 20.9 Å². The maximum atomic E-state index is 11.9. The predicted octanol–water partition coefficient (Wildman–Crippen LogP) is 2.92. The maximum Gasteiger partial charge on any atom is 0.501 e. The highest BCUT2D eigenvalue weighted by molar-refractivity contribution is 6.60. The molecule has 0 fully saturated rings. The first kappa shape index (κ1) is 23.6. The fourth-order valence-electron chi connectivity index (χ4n) is 1.93. The van der Waals surface area contributed by atoms with E-state index in [1.54, 1.807) is 6.92 Å².